The first-order valence-corrected chi connectivity index (χ1v) is 7.41. The third-order valence-electron chi connectivity index (χ3n) is 3.24. The molecular formula is C13H20N2OS. The highest BCUT2D eigenvalue weighted by molar-refractivity contribution is 7.99. The summed E-state index contributed by atoms with van der Waals surface area (Å²) in [6.07, 6.45) is 7.35. The Kier molecular flexibility index (Phi) is 4.54. The van der Waals surface area contributed by atoms with Crippen LogP contribution in [0.3, 0.4) is 0 Å². The van der Waals surface area contributed by atoms with Crippen molar-refractivity contribution < 1.29 is 4.74 Å². The average molecular weight is 252 g/mol. The number of nitrogens with zero attached hydrogens (tertiary/aromatic N) is 1. The number of methoxy groups -OCH3 is 1. The molecule has 1 N–H and O–H groups in total. The maximum atomic E-state index is 5.13. The molecule has 0 radical (unpaired) electrons. The second-order valence-electron chi connectivity index (χ2n) is 4.43. The van der Waals surface area contributed by atoms with Crippen molar-refractivity contribution in [2.45, 2.75) is 37.0 Å². The summed E-state index contributed by atoms with van der Waals surface area (Å²) in [7, 11) is 1.65. The van der Waals surface area contributed by atoms with Crippen LogP contribution in [0.25, 0.3) is 0 Å². The lowest BCUT2D eigenvalue weighted by Gasteiger charge is -2.29. The zero-order chi connectivity index (χ0) is 12.1. The van der Waals surface area contributed by atoms with Crippen molar-refractivity contribution in [1.82, 2.24) is 4.98 Å². The van der Waals surface area contributed by atoms with E-state index in [2.05, 4.69) is 16.6 Å². The molecule has 0 bridgehead atoms. The van der Waals surface area contributed by atoms with Gasteiger partial charge in [0.1, 0.15) is 5.82 Å². The highest BCUT2D eigenvalue weighted by atomic mass is 32.2. The number of thioether (sulfide) groups is 1. The summed E-state index contributed by atoms with van der Waals surface area (Å²) in [5.41, 5.74) is 0. The van der Waals surface area contributed by atoms with E-state index in [9.17, 15) is 0 Å². The van der Waals surface area contributed by atoms with Crippen molar-refractivity contribution >= 4 is 17.6 Å². The quantitative estimate of drug-likeness (QED) is 0.892. The van der Waals surface area contributed by atoms with Crippen molar-refractivity contribution in [3.8, 4) is 5.88 Å². The van der Waals surface area contributed by atoms with Gasteiger partial charge in [0, 0.05) is 17.4 Å². The fraction of sp³-hybridized carbons (Fsp3) is 0.615. The van der Waals surface area contributed by atoms with E-state index in [1.54, 1.807) is 7.11 Å². The molecule has 17 heavy (non-hydrogen) atoms. The molecule has 1 aromatic heterocycles. The van der Waals surface area contributed by atoms with Gasteiger partial charge in [-0.2, -0.15) is 16.7 Å². The van der Waals surface area contributed by atoms with E-state index >= 15 is 0 Å². The molecule has 94 valence electrons. The minimum absolute atomic E-state index is 0.556. The van der Waals surface area contributed by atoms with E-state index in [1.807, 2.05) is 30.0 Å². The summed E-state index contributed by atoms with van der Waals surface area (Å²) in [5, 5.41) is 4.31. The average Bonchev–Trinajstić information content (AvgIpc) is 2.39. The molecule has 2 atom stereocenters. The van der Waals surface area contributed by atoms with Gasteiger partial charge in [0.25, 0.3) is 0 Å². The Morgan fingerprint density at radius 3 is 3.06 bits per heavy atom. The molecule has 0 spiro atoms. The van der Waals surface area contributed by atoms with Gasteiger partial charge in [0.05, 0.1) is 7.11 Å². The van der Waals surface area contributed by atoms with Gasteiger partial charge < -0.3 is 10.1 Å². The molecule has 1 saturated carbocycles. The van der Waals surface area contributed by atoms with Crippen LogP contribution in [0, 0.1) is 0 Å². The van der Waals surface area contributed by atoms with Crippen LogP contribution in [0.5, 0.6) is 5.88 Å². The zero-order valence-electron chi connectivity index (χ0n) is 10.5. The zero-order valence-corrected chi connectivity index (χ0v) is 11.3. The van der Waals surface area contributed by atoms with Crippen LogP contribution in [0.1, 0.15) is 25.7 Å². The van der Waals surface area contributed by atoms with Gasteiger partial charge in [-0.25, -0.2) is 0 Å². The first kappa shape index (κ1) is 12.6. The minimum Gasteiger partial charge on any atom is -0.481 e. The summed E-state index contributed by atoms with van der Waals surface area (Å²) in [4.78, 5) is 4.40. The molecule has 2 unspecified atom stereocenters. The smallest absolute Gasteiger partial charge is 0.214 e. The number of anilines is 1. The van der Waals surface area contributed by atoms with Crippen LogP contribution < -0.4 is 10.1 Å². The van der Waals surface area contributed by atoms with Gasteiger partial charge in [0.15, 0.2) is 0 Å². The Morgan fingerprint density at radius 1 is 1.41 bits per heavy atom. The Balaban J connectivity index is 1.95. The number of hydrogen-bond donors (Lipinski definition) is 1. The molecule has 1 heterocycles. The predicted molar refractivity (Wildman–Crippen MR) is 74.0 cm³/mol. The van der Waals surface area contributed by atoms with Crippen LogP contribution in [-0.4, -0.2) is 29.6 Å². The normalized spacial score (nSPS) is 24.4. The first-order valence-electron chi connectivity index (χ1n) is 6.12. The van der Waals surface area contributed by atoms with Crippen LogP contribution in [0.2, 0.25) is 0 Å². The van der Waals surface area contributed by atoms with Crippen molar-refractivity contribution in [1.29, 1.82) is 0 Å². The molecule has 1 aliphatic carbocycles. The van der Waals surface area contributed by atoms with Gasteiger partial charge >= 0.3 is 0 Å². The molecular weight excluding hydrogens is 232 g/mol. The van der Waals surface area contributed by atoms with E-state index in [0.717, 1.165) is 11.1 Å². The second-order valence-corrected chi connectivity index (χ2v) is 5.57. The Bertz CT molecular complexity index is 359. The van der Waals surface area contributed by atoms with Crippen LogP contribution >= 0.6 is 11.8 Å². The van der Waals surface area contributed by atoms with Crippen molar-refractivity contribution in [2.75, 3.05) is 18.7 Å². The topological polar surface area (TPSA) is 34.1 Å². The monoisotopic (exact) mass is 252 g/mol. The lowest BCUT2D eigenvalue weighted by molar-refractivity contribution is 0.398. The summed E-state index contributed by atoms with van der Waals surface area (Å²) in [5.74, 6) is 1.60. The van der Waals surface area contributed by atoms with E-state index < -0.39 is 0 Å². The predicted octanol–water partition coefficient (Wildman–Crippen LogP) is 3.18. The maximum absolute atomic E-state index is 5.13. The van der Waals surface area contributed by atoms with Gasteiger partial charge in [-0.3, -0.25) is 0 Å². The molecule has 0 saturated heterocycles. The van der Waals surface area contributed by atoms with Gasteiger partial charge in [-0.1, -0.05) is 12.5 Å². The molecule has 0 aliphatic heterocycles. The van der Waals surface area contributed by atoms with E-state index in [-0.39, 0.29) is 0 Å². The van der Waals surface area contributed by atoms with E-state index in [0.29, 0.717) is 11.9 Å². The van der Waals surface area contributed by atoms with Crippen LogP contribution in [0.15, 0.2) is 18.2 Å². The standard InChI is InChI=1S/C13H20N2OS/c1-16-13-8-4-7-12(15-13)14-10-5-3-6-11(9-10)17-2/h4,7-8,10-11H,3,5-6,9H2,1-2H3,(H,14,15). The number of rotatable bonds is 4. The largest absolute Gasteiger partial charge is 0.481 e. The maximum Gasteiger partial charge on any atom is 0.214 e. The SMILES string of the molecule is COc1cccc(NC2CCCC(SC)C2)n1. The fourth-order valence-electron chi connectivity index (χ4n) is 2.31. The second kappa shape index (κ2) is 6.15. The molecule has 2 rings (SSSR count). The lowest BCUT2D eigenvalue weighted by Crippen LogP contribution is -2.28. The molecule has 4 heteroatoms. The first-order chi connectivity index (χ1) is 8.31. The fourth-order valence-corrected chi connectivity index (χ4v) is 3.14. The number of aromatic nitrogens is 1. The Hall–Kier alpha value is -0.900. The summed E-state index contributed by atoms with van der Waals surface area (Å²) < 4.78 is 5.13. The number of pyridine rings is 1. The van der Waals surface area contributed by atoms with Crippen molar-refractivity contribution in [2.24, 2.45) is 0 Å². The Labute approximate surface area is 107 Å². The number of nitrogens with one attached hydrogen (secondary N) is 1. The summed E-state index contributed by atoms with van der Waals surface area (Å²) >= 11 is 1.98. The van der Waals surface area contributed by atoms with Gasteiger partial charge in [-0.05, 0) is 31.6 Å². The summed E-state index contributed by atoms with van der Waals surface area (Å²) in [6.45, 7) is 0. The van der Waals surface area contributed by atoms with Gasteiger partial charge in [-0.15, -0.1) is 0 Å². The van der Waals surface area contributed by atoms with Crippen LogP contribution in [0.4, 0.5) is 5.82 Å². The molecule has 0 amide bonds. The van der Waals surface area contributed by atoms with Crippen LogP contribution in [-0.2, 0) is 0 Å². The molecule has 1 fully saturated rings. The number of hydrogen-bond acceptors (Lipinski definition) is 4. The third kappa shape index (κ3) is 3.53. The third-order valence-corrected chi connectivity index (χ3v) is 4.34. The minimum atomic E-state index is 0.556. The highest BCUT2D eigenvalue weighted by Crippen LogP contribution is 2.28. The number of ether oxygens (including phenoxy) is 1. The van der Waals surface area contributed by atoms with Gasteiger partial charge in [0.2, 0.25) is 5.88 Å². The van der Waals surface area contributed by atoms with E-state index in [1.165, 1.54) is 25.7 Å². The molecule has 0 aromatic carbocycles. The Morgan fingerprint density at radius 2 is 2.29 bits per heavy atom. The lowest BCUT2D eigenvalue weighted by atomic mass is 9.95. The molecule has 3 nitrogen and oxygen atoms in total. The van der Waals surface area contributed by atoms with Crippen molar-refractivity contribution in [3.63, 3.8) is 0 Å². The van der Waals surface area contributed by atoms with E-state index in [4.69, 9.17) is 4.74 Å². The van der Waals surface area contributed by atoms with Crippen molar-refractivity contribution in [3.05, 3.63) is 18.2 Å². The highest BCUT2D eigenvalue weighted by Gasteiger charge is 2.21. The summed E-state index contributed by atoms with van der Waals surface area (Å²) in [6, 6.07) is 6.41. The molecule has 1 aromatic rings. The molecule has 1 aliphatic rings.